The van der Waals surface area contributed by atoms with Crippen molar-refractivity contribution in [2.24, 2.45) is 0 Å². The third kappa shape index (κ3) is 2.67. The second-order valence-corrected chi connectivity index (χ2v) is 7.49. The van der Waals surface area contributed by atoms with Gasteiger partial charge in [0, 0.05) is 24.5 Å². The highest BCUT2D eigenvalue weighted by atomic mass is 127. The molecule has 0 saturated carbocycles. The van der Waals surface area contributed by atoms with Crippen LogP contribution in [0.5, 0.6) is 5.75 Å². The van der Waals surface area contributed by atoms with Gasteiger partial charge in [-0.25, -0.2) is 0 Å². The van der Waals surface area contributed by atoms with Crippen LogP contribution in [-0.2, 0) is 6.42 Å². The normalized spacial score (nSPS) is 12.9. The lowest BCUT2D eigenvalue weighted by molar-refractivity contribution is 0.103. The van der Waals surface area contributed by atoms with Crippen molar-refractivity contribution in [3.8, 4) is 5.75 Å². The Balaban J connectivity index is 2.14. The van der Waals surface area contributed by atoms with Crippen molar-refractivity contribution in [2.45, 2.75) is 6.42 Å². The Labute approximate surface area is 147 Å². The molecular weight excluding hydrogens is 499 g/mol. The standard InChI is InChI=1S/C15H9Br2IO2/c16-9-1-2-13(18)11(6-9)14(19)12-7-10(17)5-8-3-4-20-15(8)12/h1-2,5-7H,3-4H2. The van der Waals surface area contributed by atoms with Crippen LogP contribution < -0.4 is 4.74 Å². The van der Waals surface area contributed by atoms with Gasteiger partial charge in [0.2, 0.25) is 0 Å². The number of benzene rings is 2. The molecule has 0 atom stereocenters. The predicted octanol–water partition coefficient (Wildman–Crippen LogP) is 4.98. The van der Waals surface area contributed by atoms with Crippen LogP contribution in [0.4, 0.5) is 0 Å². The first-order chi connectivity index (χ1) is 9.56. The maximum Gasteiger partial charge on any atom is 0.197 e. The van der Waals surface area contributed by atoms with E-state index in [4.69, 9.17) is 4.74 Å². The smallest absolute Gasteiger partial charge is 0.197 e. The number of ketones is 1. The van der Waals surface area contributed by atoms with Crippen molar-refractivity contribution in [3.05, 3.63) is 59.5 Å². The molecule has 0 aromatic heterocycles. The molecule has 102 valence electrons. The summed E-state index contributed by atoms with van der Waals surface area (Å²) in [6.45, 7) is 0.641. The van der Waals surface area contributed by atoms with E-state index in [1.54, 1.807) is 0 Å². The Bertz CT molecular complexity index is 713. The van der Waals surface area contributed by atoms with Crippen molar-refractivity contribution in [2.75, 3.05) is 6.61 Å². The topological polar surface area (TPSA) is 26.3 Å². The predicted molar refractivity (Wildman–Crippen MR) is 93.6 cm³/mol. The lowest BCUT2D eigenvalue weighted by Gasteiger charge is -2.10. The maximum absolute atomic E-state index is 12.8. The molecule has 20 heavy (non-hydrogen) atoms. The molecule has 1 aliphatic rings. The van der Waals surface area contributed by atoms with Gasteiger partial charge < -0.3 is 4.74 Å². The van der Waals surface area contributed by atoms with E-state index in [1.807, 2.05) is 30.3 Å². The second kappa shape index (κ2) is 5.77. The fraction of sp³-hybridized carbons (Fsp3) is 0.133. The van der Waals surface area contributed by atoms with Crippen molar-refractivity contribution >= 4 is 60.2 Å². The van der Waals surface area contributed by atoms with Gasteiger partial charge in [-0.15, -0.1) is 0 Å². The van der Waals surface area contributed by atoms with Crippen molar-refractivity contribution in [1.82, 2.24) is 0 Å². The molecule has 0 fully saturated rings. The summed E-state index contributed by atoms with van der Waals surface area (Å²) in [6.07, 6.45) is 0.852. The zero-order valence-electron chi connectivity index (χ0n) is 10.3. The Morgan fingerprint density at radius 2 is 1.85 bits per heavy atom. The molecular formula is C15H9Br2IO2. The molecule has 0 bridgehead atoms. The maximum atomic E-state index is 12.8. The van der Waals surface area contributed by atoms with Gasteiger partial charge in [-0.05, 0) is 58.5 Å². The van der Waals surface area contributed by atoms with E-state index in [0.29, 0.717) is 17.7 Å². The summed E-state index contributed by atoms with van der Waals surface area (Å²) in [5.41, 5.74) is 2.41. The van der Waals surface area contributed by atoms with Crippen LogP contribution in [0.3, 0.4) is 0 Å². The van der Waals surface area contributed by atoms with E-state index < -0.39 is 0 Å². The van der Waals surface area contributed by atoms with Crippen molar-refractivity contribution < 1.29 is 9.53 Å². The fourth-order valence-electron chi connectivity index (χ4n) is 2.25. The highest BCUT2D eigenvalue weighted by molar-refractivity contribution is 14.1. The van der Waals surface area contributed by atoms with Crippen molar-refractivity contribution in [3.63, 3.8) is 0 Å². The number of carbonyl (C=O) groups is 1. The monoisotopic (exact) mass is 506 g/mol. The van der Waals surface area contributed by atoms with E-state index in [1.165, 1.54) is 0 Å². The molecule has 0 saturated heterocycles. The number of hydrogen-bond donors (Lipinski definition) is 0. The number of halogens is 3. The second-order valence-electron chi connectivity index (χ2n) is 4.49. The van der Waals surface area contributed by atoms with Crippen LogP contribution in [0.2, 0.25) is 0 Å². The first kappa shape index (κ1) is 14.5. The van der Waals surface area contributed by atoms with E-state index in [9.17, 15) is 4.79 Å². The molecule has 0 amide bonds. The Morgan fingerprint density at radius 3 is 2.65 bits per heavy atom. The summed E-state index contributed by atoms with van der Waals surface area (Å²) in [7, 11) is 0. The van der Waals surface area contributed by atoms with E-state index >= 15 is 0 Å². The zero-order chi connectivity index (χ0) is 14.3. The first-order valence-electron chi connectivity index (χ1n) is 6.01. The minimum Gasteiger partial charge on any atom is -0.492 e. The average molecular weight is 508 g/mol. The third-order valence-corrected chi connectivity index (χ3v) is 5.06. The average Bonchev–Trinajstić information content (AvgIpc) is 2.87. The van der Waals surface area contributed by atoms with Gasteiger partial charge >= 0.3 is 0 Å². The number of fused-ring (bicyclic) bond motifs is 1. The lowest BCUT2D eigenvalue weighted by Crippen LogP contribution is -2.06. The summed E-state index contributed by atoms with van der Waals surface area (Å²) in [5, 5.41) is 0. The molecule has 2 aromatic rings. The van der Waals surface area contributed by atoms with Gasteiger partial charge in [0.1, 0.15) is 5.75 Å². The van der Waals surface area contributed by atoms with E-state index in [0.717, 1.165) is 30.2 Å². The minimum absolute atomic E-state index is 0.00449. The molecule has 2 aromatic carbocycles. The van der Waals surface area contributed by atoms with Crippen molar-refractivity contribution in [1.29, 1.82) is 0 Å². The Hall–Kier alpha value is -0.400. The molecule has 1 heterocycles. The summed E-state index contributed by atoms with van der Waals surface area (Å²) >= 11 is 9.07. The molecule has 0 N–H and O–H groups in total. The number of carbonyl (C=O) groups excluding carboxylic acids is 1. The van der Waals surface area contributed by atoms with Crippen LogP contribution in [-0.4, -0.2) is 12.4 Å². The van der Waals surface area contributed by atoms with Crippen LogP contribution in [0, 0.1) is 3.57 Å². The summed E-state index contributed by atoms with van der Waals surface area (Å²) in [5.74, 6) is 0.726. The van der Waals surface area contributed by atoms with E-state index in [-0.39, 0.29) is 5.78 Å². The minimum atomic E-state index is -0.00449. The van der Waals surface area contributed by atoms with Crippen LogP contribution >= 0.6 is 54.5 Å². The largest absolute Gasteiger partial charge is 0.492 e. The van der Waals surface area contributed by atoms with Gasteiger partial charge in [0.05, 0.1) is 12.2 Å². The highest BCUT2D eigenvalue weighted by Crippen LogP contribution is 2.35. The van der Waals surface area contributed by atoms with Crippen LogP contribution in [0.25, 0.3) is 0 Å². The first-order valence-corrected chi connectivity index (χ1v) is 8.67. The van der Waals surface area contributed by atoms with Gasteiger partial charge in [-0.1, -0.05) is 31.9 Å². The van der Waals surface area contributed by atoms with Crippen LogP contribution in [0.1, 0.15) is 21.5 Å². The van der Waals surface area contributed by atoms with Crippen LogP contribution in [0.15, 0.2) is 39.3 Å². The highest BCUT2D eigenvalue weighted by Gasteiger charge is 2.24. The number of ether oxygens (including phenoxy) is 1. The zero-order valence-corrected chi connectivity index (χ0v) is 15.6. The van der Waals surface area contributed by atoms with Gasteiger partial charge in [0.25, 0.3) is 0 Å². The molecule has 2 nitrogen and oxygen atoms in total. The number of hydrogen-bond acceptors (Lipinski definition) is 2. The SMILES string of the molecule is O=C(c1cc(Br)ccc1I)c1cc(Br)cc2c1OCC2. The van der Waals surface area contributed by atoms with Gasteiger partial charge in [-0.3, -0.25) is 4.79 Å². The quantitative estimate of drug-likeness (QED) is 0.423. The van der Waals surface area contributed by atoms with Gasteiger partial charge in [-0.2, -0.15) is 0 Å². The molecule has 1 aliphatic heterocycles. The molecule has 0 radical (unpaired) electrons. The molecule has 3 rings (SSSR count). The lowest BCUT2D eigenvalue weighted by atomic mass is 10.00. The molecule has 5 heteroatoms. The Kier molecular flexibility index (Phi) is 4.19. The third-order valence-electron chi connectivity index (χ3n) is 3.17. The van der Waals surface area contributed by atoms with E-state index in [2.05, 4.69) is 54.5 Å². The molecule has 0 aliphatic carbocycles. The summed E-state index contributed by atoms with van der Waals surface area (Å²) < 4.78 is 8.38. The summed E-state index contributed by atoms with van der Waals surface area (Å²) in [4.78, 5) is 12.8. The fourth-order valence-corrected chi connectivity index (χ4v) is 3.70. The summed E-state index contributed by atoms with van der Waals surface area (Å²) in [6, 6.07) is 9.57. The van der Waals surface area contributed by atoms with Gasteiger partial charge in [0.15, 0.2) is 5.78 Å². The molecule has 0 unspecified atom stereocenters. The number of rotatable bonds is 2. The molecule has 0 spiro atoms. The Morgan fingerprint density at radius 1 is 1.10 bits per heavy atom.